The first-order valence-corrected chi connectivity index (χ1v) is 8.63. The van der Waals surface area contributed by atoms with Gasteiger partial charge in [0.05, 0.1) is 12.2 Å². The SMILES string of the molecule is CC1CN(CCNC(=O)COc2ccc(I)cc2)CC(C)O1. The lowest BCUT2D eigenvalue weighted by molar-refractivity contribution is -0.123. The molecule has 6 heteroatoms. The molecule has 1 aromatic carbocycles. The minimum absolute atomic E-state index is 0.0521. The number of amides is 1. The van der Waals surface area contributed by atoms with Gasteiger partial charge in [0.15, 0.2) is 6.61 Å². The molecule has 1 saturated heterocycles. The molecule has 22 heavy (non-hydrogen) atoms. The predicted octanol–water partition coefficient (Wildman–Crippen LogP) is 1.90. The zero-order valence-corrected chi connectivity index (χ0v) is 15.2. The van der Waals surface area contributed by atoms with Crippen LogP contribution in [-0.4, -0.2) is 55.8 Å². The number of hydrogen-bond donors (Lipinski definition) is 1. The highest BCUT2D eigenvalue weighted by atomic mass is 127. The van der Waals surface area contributed by atoms with Gasteiger partial charge in [-0.2, -0.15) is 0 Å². The molecule has 5 nitrogen and oxygen atoms in total. The van der Waals surface area contributed by atoms with Crippen LogP contribution >= 0.6 is 22.6 Å². The first-order valence-electron chi connectivity index (χ1n) is 7.56. The monoisotopic (exact) mass is 418 g/mol. The van der Waals surface area contributed by atoms with E-state index in [1.54, 1.807) is 0 Å². The fourth-order valence-electron chi connectivity index (χ4n) is 2.55. The van der Waals surface area contributed by atoms with Crippen molar-refractivity contribution in [1.29, 1.82) is 0 Å². The molecule has 0 aromatic heterocycles. The summed E-state index contributed by atoms with van der Waals surface area (Å²) >= 11 is 2.23. The van der Waals surface area contributed by atoms with Crippen LogP contribution in [0.5, 0.6) is 5.75 Å². The van der Waals surface area contributed by atoms with Gasteiger partial charge in [-0.25, -0.2) is 0 Å². The molecule has 1 aliphatic heterocycles. The van der Waals surface area contributed by atoms with Crippen LogP contribution in [0.1, 0.15) is 13.8 Å². The van der Waals surface area contributed by atoms with Crippen molar-refractivity contribution in [2.45, 2.75) is 26.1 Å². The average molecular weight is 418 g/mol. The summed E-state index contributed by atoms with van der Waals surface area (Å²) in [7, 11) is 0. The van der Waals surface area contributed by atoms with E-state index in [1.807, 2.05) is 24.3 Å². The average Bonchev–Trinajstić information content (AvgIpc) is 2.46. The molecule has 0 saturated carbocycles. The van der Waals surface area contributed by atoms with E-state index in [4.69, 9.17) is 9.47 Å². The summed E-state index contributed by atoms with van der Waals surface area (Å²) in [5, 5.41) is 2.89. The standard InChI is InChI=1S/C16H23IN2O3/c1-12-9-19(10-13(2)22-12)8-7-18-16(20)11-21-15-5-3-14(17)4-6-15/h3-6,12-13H,7-11H2,1-2H3,(H,18,20). The fraction of sp³-hybridized carbons (Fsp3) is 0.562. The minimum Gasteiger partial charge on any atom is -0.484 e. The lowest BCUT2D eigenvalue weighted by atomic mass is 10.2. The van der Waals surface area contributed by atoms with Gasteiger partial charge in [-0.05, 0) is 60.7 Å². The Balaban J connectivity index is 1.62. The smallest absolute Gasteiger partial charge is 0.257 e. The van der Waals surface area contributed by atoms with Gasteiger partial charge in [0.25, 0.3) is 5.91 Å². The van der Waals surface area contributed by atoms with E-state index in [-0.39, 0.29) is 24.7 Å². The van der Waals surface area contributed by atoms with Gasteiger partial charge in [0.2, 0.25) is 0 Å². The molecule has 122 valence electrons. The second kappa shape index (κ2) is 8.69. The Labute approximate surface area is 145 Å². The highest BCUT2D eigenvalue weighted by molar-refractivity contribution is 14.1. The number of morpholine rings is 1. The molecule has 1 heterocycles. The fourth-order valence-corrected chi connectivity index (χ4v) is 2.91. The van der Waals surface area contributed by atoms with Crippen LogP contribution < -0.4 is 10.1 Å². The van der Waals surface area contributed by atoms with Gasteiger partial charge >= 0.3 is 0 Å². The van der Waals surface area contributed by atoms with Crippen molar-refractivity contribution in [1.82, 2.24) is 10.2 Å². The molecular formula is C16H23IN2O3. The Morgan fingerprint density at radius 2 is 1.95 bits per heavy atom. The molecule has 0 spiro atoms. The van der Waals surface area contributed by atoms with Crippen molar-refractivity contribution in [2.75, 3.05) is 32.8 Å². The first-order chi connectivity index (χ1) is 10.5. The summed E-state index contributed by atoms with van der Waals surface area (Å²) in [6, 6.07) is 7.64. The van der Waals surface area contributed by atoms with E-state index >= 15 is 0 Å². The van der Waals surface area contributed by atoms with Gasteiger partial charge in [-0.1, -0.05) is 0 Å². The first kappa shape index (κ1) is 17.5. The van der Waals surface area contributed by atoms with Crippen LogP contribution in [0.25, 0.3) is 0 Å². The highest BCUT2D eigenvalue weighted by Gasteiger charge is 2.21. The third kappa shape index (κ3) is 6.10. The van der Waals surface area contributed by atoms with Crippen molar-refractivity contribution >= 4 is 28.5 Å². The lowest BCUT2D eigenvalue weighted by Crippen LogP contribution is -2.48. The Morgan fingerprint density at radius 1 is 1.32 bits per heavy atom. The summed E-state index contributed by atoms with van der Waals surface area (Å²) in [6.45, 7) is 7.52. The highest BCUT2D eigenvalue weighted by Crippen LogP contribution is 2.13. The molecular weight excluding hydrogens is 395 g/mol. The Bertz CT molecular complexity index is 471. The summed E-state index contributed by atoms with van der Waals surface area (Å²) in [6.07, 6.45) is 0.507. The van der Waals surface area contributed by atoms with Crippen LogP contribution in [0, 0.1) is 3.57 Å². The molecule has 1 aromatic rings. The number of benzene rings is 1. The molecule has 1 aliphatic rings. The van der Waals surface area contributed by atoms with Crippen molar-refractivity contribution in [3.05, 3.63) is 27.8 Å². The minimum atomic E-state index is -0.0899. The number of rotatable bonds is 6. The molecule has 0 aliphatic carbocycles. The van der Waals surface area contributed by atoms with Gasteiger partial charge in [-0.15, -0.1) is 0 Å². The number of nitrogens with zero attached hydrogens (tertiary/aromatic N) is 1. The summed E-state index contributed by atoms with van der Waals surface area (Å²) in [5.74, 6) is 0.624. The maximum Gasteiger partial charge on any atom is 0.257 e. The zero-order chi connectivity index (χ0) is 15.9. The number of hydrogen-bond acceptors (Lipinski definition) is 4. The number of halogens is 1. The second-order valence-electron chi connectivity index (χ2n) is 5.61. The van der Waals surface area contributed by atoms with Gasteiger partial charge in [0, 0.05) is 29.7 Å². The van der Waals surface area contributed by atoms with Crippen LogP contribution in [0.3, 0.4) is 0 Å². The third-order valence-electron chi connectivity index (χ3n) is 3.43. The molecule has 2 unspecified atom stereocenters. The summed E-state index contributed by atoms with van der Waals surface area (Å²) in [4.78, 5) is 14.1. The molecule has 1 fully saturated rings. The predicted molar refractivity (Wildman–Crippen MR) is 94.1 cm³/mol. The maximum absolute atomic E-state index is 11.8. The van der Waals surface area contributed by atoms with Crippen molar-refractivity contribution in [3.8, 4) is 5.75 Å². The molecule has 2 rings (SSSR count). The maximum atomic E-state index is 11.8. The Hall–Kier alpha value is -0.860. The molecule has 1 N–H and O–H groups in total. The van der Waals surface area contributed by atoms with Crippen LogP contribution in [-0.2, 0) is 9.53 Å². The van der Waals surface area contributed by atoms with E-state index in [0.717, 1.165) is 23.2 Å². The van der Waals surface area contributed by atoms with Crippen LogP contribution in [0.4, 0.5) is 0 Å². The van der Waals surface area contributed by atoms with E-state index < -0.39 is 0 Å². The number of ether oxygens (including phenoxy) is 2. The topological polar surface area (TPSA) is 50.8 Å². The summed E-state index contributed by atoms with van der Waals surface area (Å²) < 4.78 is 12.3. The van der Waals surface area contributed by atoms with Crippen LogP contribution in [0.2, 0.25) is 0 Å². The van der Waals surface area contributed by atoms with Crippen molar-refractivity contribution < 1.29 is 14.3 Å². The van der Waals surface area contributed by atoms with Crippen LogP contribution in [0.15, 0.2) is 24.3 Å². The molecule has 0 radical (unpaired) electrons. The quantitative estimate of drug-likeness (QED) is 0.718. The third-order valence-corrected chi connectivity index (χ3v) is 4.15. The van der Waals surface area contributed by atoms with E-state index in [9.17, 15) is 4.79 Å². The van der Waals surface area contributed by atoms with Crippen molar-refractivity contribution in [3.63, 3.8) is 0 Å². The summed E-state index contributed by atoms with van der Waals surface area (Å²) in [5.41, 5.74) is 0. The lowest BCUT2D eigenvalue weighted by Gasteiger charge is -2.35. The number of carbonyl (C=O) groups excluding carboxylic acids is 1. The van der Waals surface area contributed by atoms with Gasteiger partial charge in [0.1, 0.15) is 5.75 Å². The molecule has 1 amide bonds. The van der Waals surface area contributed by atoms with Gasteiger partial charge in [-0.3, -0.25) is 9.69 Å². The largest absolute Gasteiger partial charge is 0.484 e. The Kier molecular flexibility index (Phi) is 6.91. The second-order valence-corrected chi connectivity index (χ2v) is 6.86. The zero-order valence-electron chi connectivity index (χ0n) is 13.0. The van der Waals surface area contributed by atoms with Crippen molar-refractivity contribution in [2.24, 2.45) is 0 Å². The van der Waals surface area contributed by atoms with E-state index in [2.05, 4.69) is 46.7 Å². The molecule has 0 bridgehead atoms. The normalized spacial score (nSPS) is 22.3. The van der Waals surface area contributed by atoms with E-state index in [1.165, 1.54) is 0 Å². The Morgan fingerprint density at radius 3 is 2.59 bits per heavy atom. The number of nitrogens with one attached hydrogen (secondary N) is 1. The van der Waals surface area contributed by atoms with E-state index in [0.29, 0.717) is 12.3 Å². The number of carbonyl (C=O) groups is 1. The molecule has 2 atom stereocenters. The van der Waals surface area contributed by atoms with Gasteiger partial charge < -0.3 is 14.8 Å².